The van der Waals surface area contributed by atoms with Crippen molar-refractivity contribution in [3.05, 3.63) is 41.6 Å². The van der Waals surface area contributed by atoms with Crippen molar-refractivity contribution in [3.8, 4) is 0 Å². The Balaban J connectivity index is 1.52. The number of ether oxygens (including phenoxy) is 2. The fourth-order valence-corrected chi connectivity index (χ4v) is 3.84. The molecule has 2 aliphatic heterocycles. The molecule has 0 atom stereocenters. The predicted octanol–water partition coefficient (Wildman–Crippen LogP) is 4.00. The van der Waals surface area contributed by atoms with Gasteiger partial charge in [0.05, 0.1) is 13.2 Å². The first-order chi connectivity index (χ1) is 13.0. The number of aromatic nitrogens is 2. The molecule has 0 bridgehead atoms. The zero-order valence-corrected chi connectivity index (χ0v) is 16.4. The highest BCUT2D eigenvalue weighted by molar-refractivity contribution is 5.62. The Morgan fingerprint density at radius 2 is 1.78 bits per heavy atom. The molecular formula is C21H28N4O2. The van der Waals surface area contributed by atoms with Crippen LogP contribution < -0.4 is 10.2 Å². The van der Waals surface area contributed by atoms with Gasteiger partial charge >= 0.3 is 0 Å². The molecule has 2 aliphatic rings. The third-order valence-electron chi connectivity index (χ3n) is 5.31. The molecule has 0 aliphatic carbocycles. The van der Waals surface area contributed by atoms with E-state index in [0.717, 1.165) is 49.1 Å². The summed E-state index contributed by atoms with van der Waals surface area (Å²) in [5.74, 6) is 1.67. The number of anilines is 3. The van der Waals surface area contributed by atoms with Gasteiger partial charge in [-0.25, -0.2) is 4.98 Å². The fraction of sp³-hybridized carbons (Fsp3) is 0.524. The largest absolute Gasteiger partial charge is 0.347 e. The van der Waals surface area contributed by atoms with Crippen LogP contribution in [0.2, 0.25) is 0 Å². The molecular weight excluding hydrogens is 340 g/mol. The molecule has 3 heterocycles. The van der Waals surface area contributed by atoms with Crippen LogP contribution in [0.25, 0.3) is 0 Å². The Labute approximate surface area is 160 Å². The summed E-state index contributed by atoms with van der Waals surface area (Å²) in [5.41, 5.74) is 3.34. The maximum absolute atomic E-state index is 5.83. The number of para-hydroxylation sites is 1. The molecule has 0 amide bonds. The molecule has 2 aromatic rings. The highest BCUT2D eigenvalue weighted by Crippen LogP contribution is 2.33. The van der Waals surface area contributed by atoms with Crippen LogP contribution >= 0.6 is 0 Å². The van der Waals surface area contributed by atoms with Crippen LogP contribution in [-0.2, 0) is 9.47 Å². The van der Waals surface area contributed by atoms with Crippen LogP contribution in [0.4, 0.5) is 17.5 Å². The van der Waals surface area contributed by atoms with Gasteiger partial charge in [0.1, 0.15) is 5.82 Å². The van der Waals surface area contributed by atoms with Gasteiger partial charge in [0, 0.05) is 43.4 Å². The lowest BCUT2D eigenvalue weighted by atomic mass is 10.0. The Kier molecular flexibility index (Phi) is 5.02. The average Bonchev–Trinajstić information content (AvgIpc) is 3.10. The van der Waals surface area contributed by atoms with Crippen molar-refractivity contribution in [3.63, 3.8) is 0 Å². The van der Waals surface area contributed by atoms with Crippen molar-refractivity contribution in [2.75, 3.05) is 36.5 Å². The first-order valence-electron chi connectivity index (χ1n) is 9.79. The van der Waals surface area contributed by atoms with E-state index in [1.54, 1.807) is 0 Å². The van der Waals surface area contributed by atoms with Gasteiger partial charge < -0.3 is 19.7 Å². The molecule has 1 N–H and O–H groups in total. The summed E-state index contributed by atoms with van der Waals surface area (Å²) in [6.07, 6.45) is 1.70. The van der Waals surface area contributed by atoms with Crippen molar-refractivity contribution >= 4 is 17.5 Å². The van der Waals surface area contributed by atoms with Crippen LogP contribution in [-0.4, -0.2) is 42.1 Å². The van der Waals surface area contributed by atoms with Crippen molar-refractivity contribution < 1.29 is 9.47 Å². The third kappa shape index (κ3) is 3.92. The lowest BCUT2D eigenvalue weighted by molar-refractivity contribution is -0.169. The maximum atomic E-state index is 5.83. The van der Waals surface area contributed by atoms with Gasteiger partial charge in [-0.05, 0) is 24.5 Å². The van der Waals surface area contributed by atoms with E-state index in [9.17, 15) is 0 Å². The normalized spacial score (nSPS) is 19.0. The summed E-state index contributed by atoms with van der Waals surface area (Å²) in [4.78, 5) is 11.7. The second kappa shape index (κ2) is 7.44. The fourth-order valence-electron chi connectivity index (χ4n) is 3.84. The number of rotatable bonds is 4. The summed E-state index contributed by atoms with van der Waals surface area (Å²) in [6.45, 7) is 9.49. The van der Waals surface area contributed by atoms with Crippen LogP contribution in [0, 0.1) is 6.92 Å². The minimum absolute atomic E-state index is 0.377. The van der Waals surface area contributed by atoms with Crippen molar-refractivity contribution in [1.29, 1.82) is 0 Å². The minimum atomic E-state index is -0.377. The van der Waals surface area contributed by atoms with E-state index in [1.807, 2.05) is 13.0 Å². The number of hydrogen-bond acceptors (Lipinski definition) is 6. The van der Waals surface area contributed by atoms with Crippen molar-refractivity contribution in [2.45, 2.75) is 45.3 Å². The van der Waals surface area contributed by atoms with Gasteiger partial charge in [-0.1, -0.05) is 32.0 Å². The molecule has 1 spiro atoms. The summed E-state index contributed by atoms with van der Waals surface area (Å²) in [7, 11) is 0. The monoisotopic (exact) mass is 368 g/mol. The number of hydrogen-bond donors (Lipinski definition) is 1. The van der Waals surface area contributed by atoms with Crippen molar-refractivity contribution in [1.82, 2.24) is 9.97 Å². The molecule has 0 radical (unpaired) electrons. The summed E-state index contributed by atoms with van der Waals surface area (Å²) in [5, 5.41) is 3.50. The molecule has 6 nitrogen and oxygen atoms in total. The summed E-state index contributed by atoms with van der Waals surface area (Å²) in [6, 6.07) is 10.4. The van der Waals surface area contributed by atoms with Crippen LogP contribution in [0.3, 0.4) is 0 Å². The molecule has 144 valence electrons. The number of nitrogens with one attached hydrogen (secondary N) is 1. The highest BCUT2D eigenvalue weighted by atomic mass is 16.7. The van der Waals surface area contributed by atoms with E-state index < -0.39 is 0 Å². The minimum Gasteiger partial charge on any atom is -0.347 e. The lowest BCUT2D eigenvalue weighted by Crippen LogP contribution is -2.45. The van der Waals surface area contributed by atoms with Gasteiger partial charge in [-0.3, -0.25) is 0 Å². The molecule has 27 heavy (non-hydrogen) atoms. The number of piperidine rings is 1. The van der Waals surface area contributed by atoms with Crippen LogP contribution in [0.15, 0.2) is 30.3 Å². The smallest absolute Gasteiger partial charge is 0.227 e. The van der Waals surface area contributed by atoms with E-state index in [2.05, 4.69) is 53.3 Å². The Morgan fingerprint density at radius 3 is 2.48 bits per heavy atom. The van der Waals surface area contributed by atoms with E-state index in [1.165, 1.54) is 5.56 Å². The highest BCUT2D eigenvalue weighted by Gasteiger charge is 2.40. The van der Waals surface area contributed by atoms with E-state index >= 15 is 0 Å². The molecule has 2 fully saturated rings. The molecule has 4 rings (SSSR count). The first kappa shape index (κ1) is 18.2. The molecule has 0 saturated carbocycles. The van der Waals surface area contributed by atoms with Crippen molar-refractivity contribution in [2.24, 2.45) is 0 Å². The predicted molar refractivity (Wildman–Crippen MR) is 107 cm³/mol. The van der Waals surface area contributed by atoms with Gasteiger partial charge in [-0.2, -0.15) is 4.98 Å². The average molecular weight is 368 g/mol. The Bertz CT molecular complexity index is 793. The van der Waals surface area contributed by atoms with Crippen LogP contribution in [0.5, 0.6) is 0 Å². The number of aryl methyl sites for hydroxylation is 1. The SMILES string of the molecule is Cc1cc(Nc2ccccc2C(C)C)nc(N2CCC3(CC2)OCCO3)n1. The summed E-state index contributed by atoms with van der Waals surface area (Å²) < 4.78 is 11.7. The van der Waals surface area contributed by atoms with Gasteiger partial charge in [-0.15, -0.1) is 0 Å². The second-order valence-electron chi connectivity index (χ2n) is 7.66. The number of nitrogens with zero attached hydrogens (tertiary/aromatic N) is 3. The standard InChI is InChI=1S/C21H28N4O2/c1-15(2)17-6-4-5-7-18(17)23-19-14-16(3)22-20(24-19)25-10-8-21(9-11-25)26-12-13-27-21/h4-7,14-15H,8-13H2,1-3H3,(H,22,23,24). The van der Waals surface area contributed by atoms with E-state index in [-0.39, 0.29) is 5.79 Å². The maximum Gasteiger partial charge on any atom is 0.227 e. The first-order valence-corrected chi connectivity index (χ1v) is 9.79. The third-order valence-corrected chi connectivity index (χ3v) is 5.31. The van der Waals surface area contributed by atoms with Gasteiger partial charge in [0.15, 0.2) is 5.79 Å². The molecule has 1 aromatic heterocycles. The molecule has 6 heteroatoms. The zero-order chi connectivity index (χ0) is 18.9. The summed E-state index contributed by atoms with van der Waals surface area (Å²) >= 11 is 0. The van der Waals surface area contributed by atoms with E-state index in [0.29, 0.717) is 19.1 Å². The van der Waals surface area contributed by atoms with Crippen LogP contribution in [0.1, 0.15) is 43.9 Å². The van der Waals surface area contributed by atoms with Gasteiger partial charge in [0.25, 0.3) is 0 Å². The Morgan fingerprint density at radius 1 is 1.07 bits per heavy atom. The van der Waals surface area contributed by atoms with Gasteiger partial charge in [0.2, 0.25) is 5.95 Å². The number of benzene rings is 1. The quantitative estimate of drug-likeness (QED) is 0.880. The second-order valence-corrected chi connectivity index (χ2v) is 7.66. The molecule has 0 unspecified atom stereocenters. The Hall–Kier alpha value is -2.18. The molecule has 2 saturated heterocycles. The lowest BCUT2D eigenvalue weighted by Gasteiger charge is -2.37. The topological polar surface area (TPSA) is 59.5 Å². The van der Waals surface area contributed by atoms with E-state index in [4.69, 9.17) is 14.5 Å². The zero-order valence-electron chi connectivity index (χ0n) is 16.4. The molecule has 1 aromatic carbocycles.